The Bertz CT molecular complexity index is 270. The van der Waals surface area contributed by atoms with Crippen LogP contribution in [0.3, 0.4) is 0 Å². The lowest BCUT2D eigenvalue weighted by Crippen LogP contribution is -2.25. The maximum atomic E-state index is 5.71. The van der Waals surface area contributed by atoms with Crippen molar-refractivity contribution in [2.75, 3.05) is 13.6 Å². The zero-order valence-corrected chi connectivity index (χ0v) is 9.97. The second-order valence-electron chi connectivity index (χ2n) is 3.86. The maximum absolute atomic E-state index is 5.71. The monoisotopic (exact) mass is 213 g/mol. The fraction of sp³-hybridized carbons (Fsp3) is 0.700. The maximum Gasteiger partial charge on any atom is 0.0798 e. The Morgan fingerprint density at radius 3 is 2.86 bits per heavy atom. The first-order valence-electron chi connectivity index (χ1n) is 4.92. The summed E-state index contributed by atoms with van der Waals surface area (Å²) in [5, 5.41) is 0. The van der Waals surface area contributed by atoms with Crippen LogP contribution in [0, 0.1) is 6.92 Å². The lowest BCUT2D eigenvalue weighted by atomic mass is 10.2. The van der Waals surface area contributed by atoms with Gasteiger partial charge in [-0.05, 0) is 33.9 Å². The Morgan fingerprint density at radius 1 is 1.64 bits per heavy atom. The van der Waals surface area contributed by atoms with Crippen LogP contribution in [-0.2, 0) is 6.54 Å². The molecule has 3 nitrogen and oxygen atoms in total. The van der Waals surface area contributed by atoms with Gasteiger partial charge in [0, 0.05) is 17.5 Å². The van der Waals surface area contributed by atoms with E-state index in [4.69, 9.17) is 5.73 Å². The predicted octanol–water partition coefficient (Wildman–Crippen LogP) is 1.62. The molecule has 0 spiro atoms. The number of hydrogen-bond acceptors (Lipinski definition) is 4. The van der Waals surface area contributed by atoms with Gasteiger partial charge in [0.25, 0.3) is 0 Å². The van der Waals surface area contributed by atoms with E-state index in [1.165, 1.54) is 4.88 Å². The molecule has 0 bridgehead atoms. The van der Waals surface area contributed by atoms with Crippen molar-refractivity contribution < 1.29 is 0 Å². The third-order valence-electron chi connectivity index (χ3n) is 2.22. The van der Waals surface area contributed by atoms with E-state index in [1.807, 2.05) is 12.4 Å². The number of thiazole rings is 1. The molecule has 0 aliphatic carbocycles. The molecule has 1 rings (SSSR count). The van der Waals surface area contributed by atoms with E-state index in [0.29, 0.717) is 6.04 Å². The van der Waals surface area contributed by atoms with Crippen LogP contribution in [0.2, 0.25) is 0 Å². The second kappa shape index (κ2) is 5.44. The number of aromatic nitrogens is 1. The van der Waals surface area contributed by atoms with Gasteiger partial charge in [0.05, 0.1) is 11.2 Å². The van der Waals surface area contributed by atoms with Crippen molar-refractivity contribution in [1.82, 2.24) is 9.88 Å². The normalized spacial score (nSPS) is 13.5. The molecule has 80 valence electrons. The molecule has 0 saturated carbocycles. The number of hydrogen-bond donors (Lipinski definition) is 1. The Balaban J connectivity index is 2.34. The first-order chi connectivity index (χ1) is 6.59. The van der Waals surface area contributed by atoms with Crippen LogP contribution in [0.5, 0.6) is 0 Å². The van der Waals surface area contributed by atoms with Gasteiger partial charge in [0.15, 0.2) is 0 Å². The Morgan fingerprint density at radius 2 is 2.36 bits per heavy atom. The molecule has 14 heavy (non-hydrogen) atoms. The van der Waals surface area contributed by atoms with E-state index in [-0.39, 0.29) is 0 Å². The molecule has 0 aromatic carbocycles. The number of nitrogens with two attached hydrogens (primary N) is 1. The van der Waals surface area contributed by atoms with Gasteiger partial charge in [-0.15, -0.1) is 11.3 Å². The summed E-state index contributed by atoms with van der Waals surface area (Å²) in [5.41, 5.74) is 8.77. The van der Waals surface area contributed by atoms with Crippen molar-refractivity contribution in [3.05, 3.63) is 16.1 Å². The molecule has 1 aromatic heterocycles. The predicted molar refractivity (Wildman–Crippen MR) is 61.5 cm³/mol. The standard InChI is InChI=1S/C10H19N3S/c1-8(11)4-5-13(3)6-10-9(2)12-7-14-10/h7-8H,4-6,11H2,1-3H3. The van der Waals surface area contributed by atoms with E-state index in [0.717, 1.165) is 25.2 Å². The van der Waals surface area contributed by atoms with E-state index in [9.17, 15) is 0 Å². The van der Waals surface area contributed by atoms with Crippen LogP contribution in [0.1, 0.15) is 23.9 Å². The third-order valence-corrected chi connectivity index (χ3v) is 3.14. The zero-order chi connectivity index (χ0) is 10.6. The topological polar surface area (TPSA) is 42.2 Å². The van der Waals surface area contributed by atoms with Crippen molar-refractivity contribution in [3.63, 3.8) is 0 Å². The van der Waals surface area contributed by atoms with Crippen LogP contribution in [0.25, 0.3) is 0 Å². The van der Waals surface area contributed by atoms with E-state index in [2.05, 4.69) is 23.9 Å². The molecular weight excluding hydrogens is 194 g/mol. The molecule has 0 aliphatic rings. The van der Waals surface area contributed by atoms with Crippen LogP contribution >= 0.6 is 11.3 Å². The van der Waals surface area contributed by atoms with Gasteiger partial charge in [-0.1, -0.05) is 0 Å². The summed E-state index contributed by atoms with van der Waals surface area (Å²) in [6.07, 6.45) is 1.05. The van der Waals surface area contributed by atoms with Gasteiger partial charge >= 0.3 is 0 Å². The fourth-order valence-corrected chi connectivity index (χ4v) is 2.08. The van der Waals surface area contributed by atoms with Gasteiger partial charge < -0.3 is 10.6 Å². The lowest BCUT2D eigenvalue weighted by Gasteiger charge is -2.16. The SMILES string of the molecule is Cc1ncsc1CN(C)CCC(C)N. The summed E-state index contributed by atoms with van der Waals surface area (Å²) in [7, 11) is 2.13. The van der Waals surface area contributed by atoms with Crippen LogP contribution < -0.4 is 5.73 Å². The average Bonchev–Trinajstić information content (AvgIpc) is 2.49. The molecule has 0 fully saturated rings. The van der Waals surface area contributed by atoms with Crippen molar-refractivity contribution in [1.29, 1.82) is 0 Å². The summed E-state index contributed by atoms with van der Waals surface area (Å²) in [6, 6.07) is 0.292. The van der Waals surface area contributed by atoms with Gasteiger partial charge in [-0.3, -0.25) is 0 Å². The van der Waals surface area contributed by atoms with Crippen molar-refractivity contribution in [3.8, 4) is 0 Å². The highest BCUT2D eigenvalue weighted by Gasteiger charge is 2.05. The minimum atomic E-state index is 0.292. The molecule has 1 heterocycles. The van der Waals surface area contributed by atoms with Crippen molar-refractivity contribution >= 4 is 11.3 Å². The van der Waals surface area contributed by atoms with Crippen molar-refractivity contribution in [2.24, 2.45) is 5.73 Å². The van der Waals surface area contributed by atoms with Gasteiger partial charge in [0.1, 0.15) is 0 Å². The van der Waals surface area contributed by atoms with Crippen molar-refractivity contribution in [2.45, 2.75) is 32.9 Å². The molecular formula is C10H19N3S. The van der Waals surface area contributed by atoms with Crippen LogP contribution in [-0.4, -0.2) is 29.5 Å². The van der Waals surface area contributed by atoms with Gasteiger partial charge in [-0.2, -0.15) is 0 Å². The number of aryl methyl sites for hydroxylation is 1. The molecule has 0 radical (unpaired) electrons. The van der Waals surface area contributed by atoms with Gasteiger partial charge in [-0.25, -0.2) is 4.98 Å². The number of rotatable bonds is 5. The molecule has 2 N–H and O–H groups in total. The summed E-state index contributed by atoms with van der Waals surface area (Å²) in [5.74, 6) is 0. The second-order valence-corrected chi connectivity index (χ2v) is 4.80. The molecule has 0 amide bonds. The van der Waals surface area contributed by atoms with Crippen LogP contribution in [0.4, 0.5) is 0 Å². The lowest BCUT2D eigenvalue weighted by molar-refractivity contribution is 0.315. The first-order valence-corrected chi connectivity index (χ1v) is 5.80. The summed E-state index contributed by atoms with van der Waals surface area (Å²) < 4.78 is 0. The highest BCUT2D eigenvalue weighted by Crippen LogP contribution is 2.14. The highest BCUT2D eigenvalue weighted by molar-refractivity contribution is 7.09. The molecule has 1 unspecified atom stereocenters. The van der Waals surface area contributed by atoms with E-state index >= 15 is 0 Å². The Kier molecular flexibility index (Phi) is 4.51. The largest absolute Gasteiger partial charge is 0.328 e. The smallest absolute Gasteiger partial charge is 0.0798 e. The summed E-state index contributed by atoms with van der Waals surface area (Å²) in [6.45, 7) is 6.15. The highest BCUT2D eigenvalue weighted by atomic mass is 32.1. The van der Waals surface area contributed by atoms with E-state index in [1.54, 1.807) is 11.3 Å². The molecule has 1 atom stereocenters. The Labute approximate surface area is 89.9 Å². The van der Waals surface area contributed by atoms with Gasteiger partial charge in [0.2, 0.25) is 0 Å². The minimum Gasteiger partial charge on any atom is -0.328 e. The van der Waals surface area contributed by atoms with E-state index < -0.39 is 0 Å². The minimum absolute atomic E-state index is 0.292. The molecule has 1 aromatic rings. The Hall–Kier alpha value is -0.450. The molecule has 4 heteroatoms. The fourth-order valence-electron chi connectivity index (χ4n) is 1.23. The number of nitrogens with zero attached hydrogens (tertiary/aromatic N) is 2. The molecule has 0 saturated heterocycles. The van der Waals surface area contributed by atoms with Crippen LogP contribution in [0.15, 0.2) is 5.51 Å². The summed E-state index contributed by atoms with van der Waals surface area (Å²) >= 11 is 1.73. The first kappa shape index (κ1) is 11.6. The molecule has 0 aliphatic heterocycles. The quantitative estimate of drug-likeness (QED) is 0.808. The average molecular weight is 213 g/mol. The zero-order valence-electron chi connectivity index (χ0n) is 9.16. The summed E-state index contributed by atoms with van der Waals surface area (Å²) in [4.78, 5) is 7.89. The third kappa shape index (κ3) is 3.74.